The maximum absolute atomic E-state index is 6.29. The number of hydrogen-bond donors (Lipinski definition) is 0. The number of halogens is 1. The number of ether oxygens (including phenoxy) is 1. The summed E-state index contributed by atoms with van der Waals surface area (Å²) in [6, 6.07) is 16.1. The van der Waals surface area contributed by atoms with Crippen molar-refractivity contribution < 1.29 is 9.15 Å². The monoisotopic (exact) mass is 415 g/mol. The Balaban J connectivity index is 1.31. The van der Waals surface area contributed by atoms with E-state index in [-0.39, 0.29) is 6.10 Å². The van der Waals surface area contributed by atoms with Gasteiger partial charge >= 0.3 is 0 Å². The molecule has 2 aromatic carbocycles. The normalized spacial score (nSPS) is 17.7. The number of benzene rings is 2. The Kier molecular flexibility index (Phi) is 6.32. The fraction of sp³-hybridized carbons (Fsp3) is 0.333. The zero-order valence-corrected chi connectivity index (χ0v) is 17.2. The second-order valence-corrected chi connectivity index (χ2v) is 8.25. The molecule has 1 aliphatic heterocycles. The molecule has 1 saturated heterocycles. The molecule has 2 heterocycles. The zero-order chi connectivity index (χ0) is 19.3. The quantitative estimate of drug-likeness (QED) is 0.544. The van der Waals surface area contributed by atoms with E-state index in [0.29, 0.717) is 17.7 Å². The lowest BCUT2D eigenvalue weighted by molar-refractivity contribution is -0.0187. The van der Waals surface area contributed by atoms with Crippen LogP contribution in [0.5, 0.6) is 0 Å². The number of aryl methyl sites for hydroxylation is 1. The van der Waals surface area contributed by atoms with Crippen molar-refractivity contribution in [2.75, 3.05) is 25.4 Å². The largest absolute Gasteiger partial charge is 0.411 e. The SMILES string of the molecule is Cc1ccc(-c2nnc(SC[C@@H]3CN(Cc4ccccc4Cl)CCO3)o2)cc1. The van der Waals surface area contributed by atoms with Gasteiger partial charge in [-0.3, -0.25) is 4.90 Å². The number of hydrogen-bond acceptors (Lipinski definition) is 6. The first-order valence-electron chi connectivity index (χ1n) is 9.28. The Morgan fingerprint density at radius 2 is 1.96 bits per heavy atom. The van der Waals surface area contributed by atoms with Crippen molar-refractivity contribution >= 4 is 23.4 Å². The van der Waals surface area contributed by atoms with Crippen molar-refractivity contribution in [2.45, 2.75) is 24.8 Å². The van der Waals surface area contributed by atoms with E-state index in [1.54, 1.807) is 0 Å². The Morgan fingerprint density at radius 3 is 2.79 bits per heavy atom. The molecule has 0 amide bonds. The van der Waals surface area contributed by atoms with Crippen molar-refractivity contribution in [1.29, 1.82) is 0 Å². The summed E-state index contributed by atoms with van der Waals surface area (Å²) in [7, 11) is 0. The molecule has 0 aliphatic carbocycles. The van der Waals surface area contributed by atoms with Crippen LogP contribution in [0.3, 0.4) is 0 Å². The van der Waals surface area contributed by atoms with Crippen LogP contribution in [0.4, 0.5) is 0 Å². The molecule has 0 spiro atoms. The third-order valence-electron chi connectivity index (χ3n) is 4.67. The van der Waals surface area contributed by atoms with Gasteiger partial charge in [-0.2, -0.15) is 0 Å². The average molecular weight is 416 g/mol. The van der Waals surface area contributed by atoms with Gasteiger partial charge in [0.25, 0.3) is 5.22 Å². The van der Waals surface area contributed by atoms with Crippen molar-refractivity contribution in [3.63, 3.8) is 0 Å². The molecule has 1 aliphatic rings. The minimum absolute atomic E-state index is 0.121. The molecule has 0 saturated carbocycles. The Labute approximate surface area is 174 Å². The van der Waals surface area contributed by atoms with Crippen LogP contribution in [0, 0.1) is 6.92 Å². The summed E-state index contributed by atoms with van der Waals surface area (Å²) >= 11 is 7.83. The lowest BCUT2D eigenvalue weighted by atomic mass is 10.1. The predicted octanol–water partition coefficient (Wildman–Crippen LogP) is 4.69. The van der Waals surface area contributed by atoms with E-state index in [9.17, 15) is 0 Å². The summed E-state index contributed by atoms with van der Waals surface area (Å²) in [6.45, 7) is 5.37. The van der Waals surface area contributed by atoms with E-state index in [1.165, 1.54) is 17.3 Å². The van der Waals surface area contributed by atoms with Crippen LogP contribution >= 0.6 is 23.4 Å². The van der Waals surface area contributed by atoms with Crippen LogP contribution in [-0.4, -0.2) is 46.7 Å². The van der Waals surface area contributed by atoms with Crippen molar-refractivity contribution in [2.24, 2.45) is 0 Å². The summed E-state index contributed by atoms with van der Waals surface area (Å²) < 4.78 is 11.7. The van der Waals surface area contributed by atoms with E-state index in [2.05, 4.69) is 28.1 Å². The summed E-state index contributed by atoms with van der Waals surface area (Å²) in [6.07, 6.45) is 0.121. The van der Waals surface area contributed by atoms with Crippen molar-refractivity contribution in [3.8, 4) is 11.5 Å². The molecule has 5 nitrogen and oxygen atoms in total. The van der Waals surface area contributed by atoms with Gasteiger partial charge in [0.1, 0.15) is 0 Å². The summed E-state index contributed by atoms with van der Waals surface area (Å²) in [5, 5.41) is 9.70. The topological polar surface area (TPSA) is 51.4 Å². The van der Waals surface area contributed by atoms with Crippen LogP contribution in [-0.2, 0) is 11.3 Å². The van der Waals surface area contributed by atoms with Crippen LogP contribution in [0.15, 0.2) is 58.2 Å². The molecule has 0 radical (unpaired) electrons. The van der Waals surface area contributed by atoms with Gasteiger partial charge in [0.2, 0.25) is 5.89 Å². The van der Waals surface area contributed by atoms with Crippen LogP contribution in [0.2, 0.25) is 5.02 Å². The zero-order valence-electron chi connectivity index (χ0n) is 15.7. The van der Waals surface area contributed by atoms with Gasteiger partial charge in [0.15, 0.2) is 0 Å². The molecular formula is C21H22ClN3O2S. The lowest BCUT2D eigenvalue weighted by Crippen LogP contribution is -2.43. The molecule has 4 rings (SSSR count). The molecule has 0 N–H and O–H groups in total. The Hall–Kier alpha value is -1.86. The number of nitrogens with zero attached hydrogens (tertiary/aromatic N) is 3. The van der Waals surface area contributed by atoms with E-state index >= 15 is 0 Å². The highest BCUT2D eigenvalue weighted by atomic mass is 35.5. The standard InChI is InChI=1S/C21H22ClN3O2S/c1-15-6-8-16(9-7-15)20-23-24-21(27-20)28-14-18-13-25(10-11-26-18)12-17-4-2-3-5-19(17)22/h2-9,18H,10-14H2,1H3/t18-/m0/s1. The van der Waals surface area contributed by atoms with Gasteiger partial charge in [-0.05, 0) is 30.7 Å². The van der Waals surface area contributed by atoms with Gasteiger partial charge in [-0.1, -0.05) is 59.3 Å². The first-order valence-corrected chi connectivity index (χ1v) is 10.6. The van der Waals surface area contributed by atoms with Crippen LogP contribution in [0.1, 0.15) is 11.1 Å². The smallest absolute Gasteiger partial charge is 0.276 e. The predicted molar refractivity (Wildman–Crippen MR) is 112 cm³/mol. The Bertz CT molecular complexity index is 916. The lowest BCUT2D eigenvalue weighted by Gasteiger charge is -2.32. The second-order valence-electron chi connectivity index (χ2n) is 6.87. The minimum atomic E-state index is 0.121. The number of rotatable bonds is 6. The van der Waals surface area contributed by atoms with Gasteiger partial charge in [0.05, 0.1) is 12.7 Å². The third kappa shape index (κ3) is 4.94. The Morgan fingerprint density at radius 1 is 1.14 bits per heavy atom. The van der Waals surface area contributed by atoms with Crippen molar-refractivity contribution in [3.05, 3.63) is 64.7 Å². The minimum Gasteiger partial charge on any atom is -0.411 e. The number of thioether (sulfide) groups is 1. The fourth-order valence-corrected chi connectivity index (χ4v) is 4.10. The second kappa shape index (κ2) is 9.09. The molecule has 146 valence electrons. The van der Waals surface area contributed by atoms with E-state index < -0.39 is 0 Å². The summed E-state index contributed by atoms with van der Waals surface area (Å²) in [5.74, 6) is 1.32. The summed E-state index contributed by atoms with van der Waals surface area (Å²) in [5.41, 5.74) is 3.29. The molecule has 3 aromatic rings. The molecule has 1 aromatic heterocycles. The molecule has 1 fully saturated rings. The maximum Gasteiger partial charge on any atom is 0.276 e. The highest BCUT2D eigenvalue weighted by Gasteiger charge is 2.22. The van der Waals surface area contributed by atoms with E-state index in [1.807, 2.05) is 42.5 Å². The van der Waals surface area contributed by atoms with E-state index in [4.69, 9.17) is 20.8 Å². The number of morpholine rings is 1. The first-order chi connectivity index (χ1) is 13.7. The molecule has 7 heteroatoms. The van der Waals surface area contributed by atoms with Gasteiger partial charge in [-0.25, -0.2) is 0 Å². The molecule has 0 bridgehead atoms. The average Bonchev–Trinajstić information content (AvgIpc) is 3.18. The molecule has 28 heavy (non-hydrogen) atoms. The molecule has 0 unspecified atom stereocenters. The third-order valence-corrected chi connectivity index (χ3v) is 5.99. The molecule has 1 atom stereocenters. The van der Waals surface area contributed by atoms with E-state index in [0.717, 1.165) is 41.5 Å². The van der Waals surface area contributed by atoms with Gasteiger partial charge in [0, 0.05) is 36.0 Å². The number of aromatic nitrogens is 2. The first kappa shape index (κ1) is 19.5. The van der Waals surface area contributed by atoms with Crippen molar-refractivity contribution in [1.82, 2.24) is 15.1 Å². The van der Waals surface area contributed by atoms with Crippen LogP contribution in [0.25, 0.3) is 11.5 Å². The highest BCUT2D eigenvalue weighted by Crippen LogP contribution is 2.25. The maximum atomic E-state index is 6.29. The fourth-order valence-electron chi connectivity index (χ4n) is 3.14. The molecular weight excluding hydrogens is 394 g/mol. The van der Waals surface area contributed by atoms with Gasteiger partial charge < -0.3 is 9.15 Å². The van der Waals surface area contributed by atoms with Gasteiger partial charge in [-0.15, -0.1) is 10.2 Å². The van der Waals surface area contributed by atoms with Crippen LogP contribution < -0.4 is 0 Å². The highest BCUT2D eigenvalue weighted by molar-refractivity contribution is 7.99. The summed E-state index contributed by atoms with van der Waals surface area (Å²) in [4.78, 5) is 2.38.